The predicted octanol–water partition coefficient (Wildman–Crippen LogP) is -0.518. The molecule has 7 heteroatoms. The van der Waals surface area contributed by atoms with Crippen molar-refractivity contribution in [1.82, 2.24) is 16.0 Å². The molecular formula is C14H19N3O4. The minimum absolute atomic E-state index is 0.0748. The molecular weight excluding hydrogens is 274 g/mol. The molecule has 0 radical (unpaired) electrons. The summed E-state index contributed by atoms with van der Waals surface area (Å²) in [5.74, 6) is -2.00. The second-order valence-electron chi connectivity index (χ2n) is 4.49. The lowest BCUT2D eigenvalue weighted by molar-refractivity contribution is -0.138. The second-order valence-corrected chi connectivity index (χ2v) is 4.49. The van der Waals surface area contributed by atoms with Gasteiger partial charge in [0, 0.05) is 6.54 Å². The zero-order chi connectivity index (χ0) is 15.7. The van der Waals surface area contributed by atoms with Crippen LogP contribution in [0.4, 0.5) is 0 Å². The summed E-state index contributed by atoms with van der Waals surface area (Å²) in [7, 11) is 0. The SMILES string of the molecule is C[C@@H](NC(=O)CNCc1ccccc1)C(=O)NCC(=O)O. The Morgan fingerprint density at radius 2 is 1.81 bits per heavy atom. The molecule has 0 bridgehead atoms. The van der Waals surface area contributed by atoms with Gasteiger partial charge in [0.15, 0.2) is 0 Å². The zero-order valence-electron chi connectivity index (χ0n) is 11.8. The van der Waals surface area contributed by atoms with E-state index in [9.17, 15) is 14.4 Å². The molecule has 0 spiro atoms. The van der Waals surface area contributed by atoms with Crippen LogP contribution in [-0.4, -0.2) is 42.0 Å². The van der Waals surface area contributed by atoms with E-state index in [4.69, 9.17) is 5.11 Å². The van der Waals surface area contributed by atoms with E-state index in [0.29, 0.717) is 6.54 Å². The average molecular weight is 293 g/mol. The minimum atomic E-state index is -1.13. The summed E-state index contributed by atoms with van der Waals surface area (Å²) < 4.78 is 0. The number of amides is 2. The van der Waals surface area contributed by atoms with E-state index in [1.165, 1.54) is 6.92 Å². The standard InChI is InChI=1S/C14H19N3O4/c1-10(14(21)16-9-13(19)20)17-12(18)8-15-7-11-5-3-2-4-6-11/h2-6,10,15H,7-9H2,1H3,(H,16,21)(H,17,18)(H,19,20)/t10-/m1/s1. The first-order valence-electron chi connectivity index (χ1n) is 6.52. The van der Waals surface area contributed by atoms with Crippen LogP contribution in [0.1, 0.15) is 12.5 Å². The van der Waals surface area contributed by atoms with E-state index in [0.717, 1.165) is 5.56 Å². The van der Waals surface area contributed by atoms with Crippen LogP contribution in [0.15, 0.2) is 30.3 Å². The smallest absolute Gasteiger partial charge is 0.322 e. The topological polar surface area (TPSA) is 108 Å². The van der Waals surface area contributed by atoms with Crippen LogP contribution in [0.2, 0.25) is 0 Å². The van der Waals surface area contributed by atoms with Crippen molar-refractivity contribution in [2.75, 3.05) is 13.1 Å². The monoisotopic (exact) mass is 293 g/mol. The number of benzene rings is 1. The van der Waals surface area contributed by atoms with Gasteiger partial charge in [-0.15, -0.1) is 0 Å². The minimum Gasteiger partial charge on any atom is -0.480 e. The Hall–Kier alpha value is -2.41. The third kappa shape index (κ3) is 7.07. The molecule has 1 rings (SSSR count). The van der Waals surface area contributed by atoms with Crippen molar-refractivity contribution in [2.45, 2.75) is 19.5 Å². The Labute approximate surface area is 122 Å². The molecule has 0 aromatic heterocycles. The summed E-state index contributed by atoms with van der Waals surface area (Å²) in [6.07, 6.45) is 0. The first kappa shape index (κ1) is 16.6. The highest BCUT2D eigenvalue weighted by Crippen LogP contribution is 1.96. The van der Waals surface area contributed by atoms with Gasteiger partial charge in [-0.1, -0.05) is 30.3 Å². The van der Waals surface area contributed by atoms with Crippen LogP contribution < -0.4 is 16.0 Å². The zero-order valence-corrected chi connectivity index (χ0v) is 11.8. The quantitative estimate of drug-likeness (QED) is 0.516. The molecule has 7 nitrogen and oxygen atoms in total. The van der Waals surface area contributed by atoms with Gasteiger partial charge in [0.1, 0.15) is 12.6 Å². The summed E-state index contributed by atoms with van der Waals surface area (Å²) in [4.78, 5) is 33.4. The average Bonchev–Trinajstić information content (AvgIpc) is 2.45. The van der Waals surface area contributed by atoms with Gasteiger partial charge in [-0.3, -0.25) is 14.4 Å². The van der Waals surface area contributed by atoms with Crippen LogP contribution in [-0.2, 0) is 20.9 Å². The fraction of sp³-hybridized carbons (Fsp3) is 0.357. The molecule has 114 valence electrons. The van der Waals surface area contributed by atoms with Crippen LogP contribution in [0.5, 0.6) is 0 Å². The van der Waals surface area contributed by atoms with Gasteiger partial charge in [-0.25, -0.2) is 0 Å². The van der Waals surface area contributed by atoms with Gasteiger partial charge in [-0.05, 0) is 12.5 Å². The Morgan fingerprint density at radius 1 is 1.14 bits per heavy atom. The van der Waals surface area contributed by atoms with Crippen LogP contribution in [0.3, 0.4) is 0 Å². The molecule has 1 aromatic rings. The molecule has 4 N–H and O–H groups in total. The number of carbonyl (C=O) groups is 3. The summed E-state index contributed by atoms with van der Waals surface area (Å²) in [6.45, 7) is 1.65. The van der Waals surface area contributed by atoms with Crippen molar-refractivity contribution in [2.24, 2.45) is 0 Å². The lowest BCUT2D eigenvalue weighted by atomic mass is 10.2. The predicted molar refractivity (Wildman–Crippen MR) is 76.4 cm³/mol. The molecule has 1 aromatic carbocycles. The van der Waals surface area contributed by atoms with Gasteiger partial charge in [0.2, 0.25) is 11.8 Å². The molecule has 0 saturated heterocycles. The number of rotatable bonds is 8. The number of nitrogens with one attached hydrogen (secondary N) is 3. The van der Waals surface area contributed by atoms with Crippen molar-refractivity contribution < 1.29 is 19.5 Å². The molecule has 2 amide bonds. The van der Waals surface area contributed by atoms with Gasteiger partial charge in [-0.2, -0.15) is 0 Å². The normalized spacial score (nSPS) is 11.5. The van der Waals surface area contributed by atoms with Gasteiger partial charge in [0.25, 0.3) is 0 Å². The Bertz CT molecular complexity index is 490. The molecule has 1 atom stereocenters. The highest BCUT2D eigenvalue weighted by atomic mass is 16.4. The van der Waals surface area contributed by atoms with E-state index in [1.807, 2.05) is 30.3 Å². The van der Waals surface area contributed by atoms with Gasteiger partial charge < -0.3 is 21.1 Å². The number of carboxylic acids is 1. The fourth-order valence-electron chi connectivity index (χ4n) is 1.59. The van der Waals surface area contributed by atoms with Crippen LogP contribution in [0.25, 0.3) is 0 Å². The van der Waals surface area contributed by atoms with E-state index in [1.54, 1.807) is 0 Å². The summed E-state index contributed by atoms with van der Waals surface area (Å²) >= 11 is 0. The second kappa shape index (κ2) is 8.70. The Morgan fingerprint density at radius 3 is 2.43 bits per heavy atom. The van der Waals surface area contributed by atoms with Crippen LogP contribution in [0, 0.1) is 0 Å². The molecule has 21 heavy (non-hydrogen) atoms. The van der Waals surface area contributed by atoms with E-state index in [-0.39, 0.29) is 12.5 Å². The van der Waals surface area contributed by atoms with Gasteiger partial charge in [0.05, 0.1) is 6.54 Å². The Balaban J connectivity index is 2.23. The summed E-state index contributed by atoms with van der Waals surface area (Å²) in [5, 5.41) is 16.1. The number of hydrogen-bond acceptors (Lipinski definition) is 4. The van der Waals surface area contributed by atoms with Gasteiger partial charge >= 0.3 is 5.97 Å². The fourth-order valence-corrected chi connectivity index (χ4v) is 1.59. The number of hydrogen-bond donors (Lipinski definition) is 4. The van der Waals surface area contributed by atoms with E-state index in [2.05, 4.69) is 16.0 Å². The van der Waals surface area contributed by atoms with Crippen molar-refractivity contribution in [3.63, 3.8) is 0 Å². The molecule has 0 fully saturated rings. The molecule has 0 aliphatic heterocycles. The van der Waals surface area contributed by atoms with E-state index < -0.39 is 24.5 Å². The van der Waals surface area contributed by atoms with Crippen LogP contribution >= 0.6 is 0 Å². The summed E-state index contributed by atoms with van der Waals surface area (Å²) in [6, 6.07) is 8.82. The first-order valence-corrected chi connectivity index (χ1v) is 6.52. The lowest BCUT2D eigenvalue weighted by Crippen LogP contribution is -2.48. The Kier molecular flexibility index (Phi) is 6.90. The van der Waals surface area contributed by atoms with Crippen molar-refractivity contribution in [1.29, 1.82) is 0 Å². The molecule has 0 aliphatic rings. The first-order chi connectivity index (χ1) is 9.99. The largest absolute Gasteiger partial charge is 0.480 e. The molecule has 0 unspecified atom stereocenters. The maximum absolute atomic E-state index is 11.6. The molecule has 0 aliphatic carbocycles. The third-order valence-electron chi connectivity index (χ3n) is 2.64. The third-order valence-corrected chi connectivity index (χ3v) is 2.64. The summed E-state index contributed by atoms with van der Waals surface area (Å²) in [5.41, 5.74) is 1.05. The molecule has 0 heterocycles. The highest BCUT2D eigenvalue weighted by molar-refractivity contribution is 5.89. The number of carbonyl (C=O) groups excluding carboxylic acids is 2. The maximum Gasteiger partial charge on any atom is 0.322 e. The van der Waals surface area contributed by atoms with Crippen molar-refractivity contribution in [3.8, 4) is 0 Å². The number of carboxylic acid groups (broad SMARTS) is 1. The van der Waals surface area contributed by atoms with Crippen molar-refractivity contribution in [3.05, 3.63) is 35.9 Å². The van der Waals surface area contributed by atoms with E-state index >= 15 is 0 Å². The number of aliphatic carboxylic acids is 1. The highest BCUT2D eigenvalue weighted by Gasteiger charge is 2.15. The van der Waals surface area contributed by atoms with Crippen molar-refractivity contribution >= 4 is 17.8 Å². The maximum atomic E-state index is 11.6. The lowest BCUT2D eigenvalue weighted by Gasteiger charge is -2.13. The molecule has 0 saturated carbocycles.